The molecule has 2 aliphatic rings. The number of piperazine rings is 2. The summed E-state index contributed by atoms with van der Waals surface area (Å²) in [4.78, 5) is 28.2. The molecular weight excluding hydrogens is 270 g/mol. The lowest BCUT2D eigenvalue weighted by molar-refractivity contribution is -0.139. The first-order valence-corrected chi connectivity index (χ1v) is 7.40. The van der Waals surface area contributed by atoms with Gasteiger partial charge in [0.1, 0.15) is 6.04 Å². The second-order valence-electron chi connectivity index (χ2n) is 5.70. The van der Waals surface area contributed by atoms with Gasteiger partial charge < -0.3 is 10.2 Å². The van der Waals surface area contributed by atoms with Crippen LogP contribution in [0.1, 0.15) is 12.0 Å². The molecule has 7 nitrogen and oxygen atoms in total. The molecule has 21 heavy (non-hydrogen) atoms. The summed E-state index contributed by atoms with van der Waals surface area (Å²) < 4.78 is 1.74. The van der Waals surface area contributed by atoms with Gasteiger partial charge in [-0.2, -0.15) is 5.10 Å². The normalized spacial score (nSPS) is 22.8. The van der Waals surface area contributed by atoms with E-state index < -0.39 is 0 Å². The van der Waals surface area contributed by atoms with E-state index in [-0.39, 0.29) is 17.9 Å². The van der Waals surface area contributed by atoms with Gasteiger partial charge in [-0.1, -0.05) is 0 Å². The molecule has 2 amide bonds. The van der Waals surface area contributed by atoms with Crippen molar-refractivity contribution < 1.29 is 9.59 Å². The topological polar surface area (TPSA) is 70.5 Å². The van der Waals surface area contributed by atoms with Crippen molar-refractivity contribution in [3.63, 3.8) is 0 Å². The molecule has 7 heteroatoms. The van der Waals surface area contributed by atoms with E-state index in [0.717, 1.165) is 25.2 Å². The number of carbonyl (C=O) groups excluding carboxylic acids is 2. The smallest absolute Gasteiger partial charge is 0.239 e. The number of hydrogen-bond donors (Lipinski definition) is 1. The summed E-state index contributed by atoms with van der Waals surface area (Å²) in [6.45, 7) is 3.61. The third kappa shape index (κ3) is 3.07. The van der Waals surface area contributed by atoms with E-state index in [1.54, 1.807) is 10.9 Å². The number of nitrogens with one attached hydrogen (secondary N) is 1. The van der Waals surface area contributed by atoms with Crippen LogP contribution in [0.3, 0.4) is 0 Å². The van der Waals surface area contributed by atoms with Crippen molar-refractivity contribution >= 4 is 11.8 Å². The summed E-state index contributed by atoms with van der Waals surface area (Å²) in [5.41, 5.74) is 1.07. The SMILES string of the molecule is Cn1cc(CCC(=O)N2CCN3CCNC(=O)C3C2)cn1. The van der Waals surface area contributed by atoms with Crippen LogP contribution >= 0.6 is 0 Å². The van der Waals surface area contributed by atoms with Gasteiger partial charge in [-0.25, -0.2) is 0 Å². The molecule has 1 aromatic rings. The Balaban J connectivity index is 1.54. The average Bonchev–Trinajstić information content (AvgIpc) is 2.90. The molecule has 0 saturated carbocycles. The summed E-state index contributed by atoms with van der Waals surface area (Å²) in [5.74, 6) is 0.169. The second kappa shape index (κ2) is 5.85. The number of fused-ring (bicyclic) bond motifs is 1. The minimum atomic E-state index is -0.171. The van der Waals surface area contributed by atoms with Crippen LogP contribution in [0.2, 0.25) is 0 Å². The van der Waals surface area contributed by atoms with E-state index in [4.69, 9.17) is 0 Å². The Bertz CT molecular complexity index is 541. The summed E-state index contributed by atoms with van der Waals surface area (Å²) >= 11 is 0. The van der Waals surface area contributed by atoms with Crippen molar-refractivity contribution in [1.82, 2.24) is 24.9 Å². The molecule has 2 fully saturated rings. The van der Waals surface area contributed by atoms with Crippen LogP contribution in [0.4, 0.5) is 0 Å². The van der Waals surface area contributed by atoms with Gasteiger partial charge in [0.15, 0.2) is 0 Å². The highest BCUT2D eigenvalue weighted by Gasteiger charge is 2.35. The second-order valence-corrected chi connectivity index (χ2v) is 5.70. The van der Waals surface area contributed by atoms with E-state index in [0.29, 0.717) is 25.9 Å². The zero-order valence-corrected chi connectivity index (χ0v) is 12.3. The third-order valence-electron chi connectivity index (χ3n) is 4.23. The van der Waals surface area contributed by atoms with E-state index in [9.17, 15) is 9.59 Å². The molecule has 2 aliphatic heterocycles. The predicted octanol–water partition coefficient (Wildman–Crippen LogP) is -1.00. The van der Waals surface area contributed by atoms with Crippen LogP contribution in [0.5, 0.6) is 0 Å². The molecule has 3 rings (SSSR count). The molecule has 1 unspecified atom stereocenters. The number of rotatable bonds is 3. The molecule has 0 aliphatic carbocycles. The fourth-order valence-corrected chi connectivity index (χ4v) is 3.01. The number of aromatic nitrogens is 2. The van der Waals surface area contributed by atoms with E-state index in [2.05, 4.69) is 15.3 Å². The Kier molecular flexibility index (Phi) is 3.92. The van der Waals surface area contributed by atoms with Crippen molar-refractivity contribution in [2.45, 2.75) is 18.9 Å². The molecule has 0 radical (unpaired) electrons. The van der Waals surface area contributed by atoms with Crippen molar-refractivity contribution in [3.8, 4) is 0 Å². The van der Waals surface area contributed by atoms with E-state index in [1.165, 1.54) is 0 Å². The quantitative estimate of drug-likeness (QED) is 0.775. The summed E-state index contributed by atoms with van der Waals surface area (Å²) in [7, 11) is 1.87. The number of carbonyl (C=O) groups is 2. The lowest BCUT2D eigenvalue weighted by atomic mass is 10.1. The molecular formula is C14H21N5O2. The first-order valence-electron chi connectivity index (χ1n) is 7.40. The molecule has 1 aromatic heterocycles. The Morgan fingerprint density at radius 2 is 2.29 bits per heavy atom. The van der Waals surface area contributed by atoms with Crippen molar-refractivity contribution in [3.05, 3.63) is 18.0 Å². The van der Waals surface area contributed by atoms with Gasteiger partial charge in [0, 0.05) is 52.4 Å². The highest BCUT2D eigenvalue weighted by Crippen LogP contribution is 2.14. The fourth-order valence-electron chi connectivity index (χ4n) is 3.01. The monoisotopic (exact) mass is 291 g/mol. The van der Waals surface area contributed by atoms with Gasteiger partial charge in [0.2, 0.25) is 11.8 Å². The van der Waals surface area contributed by atoms with Gasteiger partial charge in [0.25, 0.3) is 0 Å². The van der Waals surface area contributed by atoms with Gasteiger partial charge in [-0.05, 0) is 12.0 Å². The number of hydrogen-bond acceptors (Lipinski definition) is 4. The molecule has 114 valence electrons. The van der Waals surface area contributed by atoms with Crippen molar-refractivity contribution in [2.24, 2.45) is 7.05 Å². The highest BCUT2D eigenvalue weighted by molar-refractivity contribution is 5.84. The maximum Gasteiger partial charge on any atom is 0.239 e. The van der Waals surface area contributed by atoms with Crippen LogP contribution in [0.15, 0.2) is 12.4 Å². The Labute approximate surface area is 123 Å². The molecule has 0 spiro atoms. The first-order chi connectivity index (χ1) is 10.1. The van der Waals surface area contributed by atoms with Crippen LogP contribution in [-0.4, -0.2) is 70.2 Å². The van der Waals surface area contributed by atoms with Crippen LogP contribution in [0.25, 0.3) is 0 Å². The summed E-state index contributed by atoms with van der Waals surface area (Å²) in [6.07, 6.45) is 4.89. The zero-order chi connectivity index (χ0) is 14.8. The predicted molar refractivity (Wildman–Crippen MR) is 76.5 cm³/mol. The van der Waals surface area contributed by atoms with Gasteiger partial charge in [-0.15, -0.1) is 0 Å². The molecule has 0 bridgehead atoms. The van der Waals surface area contributed by atoms with Crippen LogP contribution < -0.4 is 5.32 Å². The highest BCUT2D eigenvalue weighted by atomic mass is 16.2. The van der Waals surface area contributed by atoms with Gasteiger partial charge >= 0.3 is 0 Å². The number of nitrogens with zero attached hydrogens (tertiary/aromatic N) is 4. The van der Waals surface area contributed by atoms with Gasteiger partial charge in [-0.3, -0.25) is 19.2 Å². The Hall–Kier alpha value is -1.89. The minimum absolute atomic E-state index is 0.0472. The van der Waals surface area contributed by atoms with Crippen molar-refractivity contribution in [1.29, 1.82) is 0 Å². The standard InChI is InChI=1S/C14H21N5O2/c1-17-9-11(8-16-17)2-3-13(20)19-7-6-18-5-4-15-14(21)12(18)10-19/h8-9,12H,2-7,10H2,1H3,(H,15,21). The Morgan fingerprint density at radius 3 is 3.05 bits per heavy atom. The number of amides is 2. The molecule has 1 N–H and O–H groups in total. The van der Waals surface area contributed by atoms with E-state index >= 15 is 0 Å². The summed E-state index contributed by atoms with van der Waals surface area (Å²) in [6, 6.07) is -0.171. The maximum atomic E-state index is 12.3. The maximum absolute atomic E-state index is 12.3. The molecule has 0 aromatic carbocycles. The van der Waals surface area contributed by atoms with Crippen molar-refractivity contribution in [2.75, 3.05) is 32.7 Å². The Morgan fingerprint density at radius 1 is 1.43 bits per heavy atom. The molecule has 3 heterocycles. The summed E-state index contributed by atoms with van der Waals surface area (Å²) in [5, 5.41) is 6.97. The van der Waals surface area contributed by atoms with Crippen LogP contribution in [-0.2, 0) is 23.1 Å². The largest absolute Gasteiger partial charge is 0.353 e. The first kappa shape index (κ1) is 14.1. The van der Waals surface area contributed by atoms with Crippen LogP contribution in [0, 0.1) is 0 Å². The molecule has 1 atom stereocenters. The minimum Gasteiger partial charge on any atom is -0.353 e. The molecule has 2 saturated heterocycles. The lowest BCUT2D eigenvalue weighted by Gasteiger charge is -2.43. The van der Waals surface area contributed by atoms with Gasteiger partial charge in [0.05, 0.1) is 6.20 Å². The number of aryl methyl sites for hydroxylation is 2. The zero-order valence-electron chi connectivity index (χ0n) is 12.3. The van der Waals surface area contributed by atoms with E-state index in [1.807, 2.05) is 18.1 Å². The lowest BCUT2D eigenvalue weighted by Crippen LogP contribution is -2.64. The average molecular weight is 291 g/mol. The third-order valence-corrected chi connectivity index (χ3v) is 4.23. The fraction of sp³-hybridized carbons (Fsp3) is 0.643.